The molecule has 2 rings (SSSR count). The highest BCUT2D eigenvalue weighted by atomic mass is 16.7. The van der Waals surface area contributed by atoms with Gasteiger partial charge in [0.05, 0.1) is 25.4 Å². The largest absolute Gasteiger partial charge is 0.396 e. The van der Waals surface area contributed by atoms with Gasteiger partial charge in [0.2, 0.25) is 0 Å². The van der Waals surface area contributed by atoms with E-state index >= 15 is 0 Å². The zero-order chi connectivity index (χ0) is 20.0. The van der Waals surface area contributed by atoms with Crippen molar-refractivity contribution < 1.29 is 19.3 Å². The monoisotopic (exact) mass is 378 g/mol. The van der Waals surface area contributed by atoms with Gasteiger partial charge in [-0.05, 0) is 37.7 Å². The van der Waals surface area contributed by atoms with Gasteiger partial charge in [-0.15, -0.1) is 0 Å². The molecule has 1 heterocycles. The van der Waals surface area contributed by atoms with E-state index in [1.54, 1.807) is 0 Å². The molecule has 4 heteroatoms. The van der Waals surface area contributed by atoms with E-state index in [9.17, 15) is 5.11 Å². The molecule has 154 valence electrons. The Labute approximate surface area is 165 Å². The number of benzene rings is 1. The highest BCUT2D eigenvalue weighted by molar-refractivity contribution is 5.13. The molecule has 1 saturated heterocycles. The van der Waals surface area contributed by atoms with Crippen LogP contribution in [0.2, 0.25) is 0 Å². The molecule has 1 N–H and O–H groups in total. The van der Waals surface area contributed by atoms with Gasteiger partial charge >= 0.3 is 0 Å². The topological polar surface area (TPSA) is 47.9 Å². The SMILES string of the molecule is C[C@@H](CO)C[C@H](C)[C@H](OCc1ccccc1)[C@H](C)[C@H]1OC(C)(C)OC[C@@H]1C. The smallest absolute Gasteiger partial charge is 0.163 e. The van der Waals surface area contributed by atoms with E-state index in [1.807, 2.05) is 32.0 Å². The molecule has 6 atom stereocenters. The van der Waals surface area contributed by atoms with Gasteiger partial charge in [-0.3, -0.25) is 0 Å². The first-order chi connectivity index (χ1) is 12.7. The zero-order valence-corrected chi connectivity index (χ0v) is 17.9. The lowest BCUT2D eigenvalue weighted by Gasteiger charge is -2.45. The van der Waals surface area contributed by atoms with Crippen LogP contribution in [-0.2, 0) is 20.8 Å². The van der Waals surface area contributed by atoms with E-state index in [-0.39, 0.29) is 30.7 Å². The van der Waals surface area contributed by atoms with Crippen molar-refractivity contribution in [2.75, 3.05) is 13.2 Å². The molecule has 1 aliphatic heterocycles. The van der Waals surface area contributed by atoms with E-state index in [0.29, 0.717) is 25.0 Å². The molecule has 0 saturated carbocycles. The Hall–Kier alpha value is -0.940. The Morgan fingerprint density at radius 2 is 1.85 bits per heavy atom. The first-order valence-electron chi connectivity index (χ1n) is 10.3. The van der Waals surface area contributed by atoms with Crippen molar-refractivity contribution >= 4 is 0 Å². The Morgan fingerprint density at radius 1 is 1.19 bits per heavy atom. The Bertz CT molecular complexity index is 545. The summed E-state index contributed by atoms with van der Waals surface area (Å²) >= 11 is 0. The van der Waals surface area contributed by atoms with E-state index in [4.69, 9.17) is 14.2 Å². The van der Waals surface area contributed by atoms with Crippen molar-refractivity contribution in [1.29, 1.82) is 0 Å². The van der Waals surface area contributed by atoms with Crippen LogP contribution >= 0.6 is 0 Å². The van der Waals surface area contributed by atoms with Crippen LogP contribution < -0.4 is 0 Å². The molecule has 1 aromatic rings. The van der Waals surface area contributed by atoms with Crippen molar-refractivity contribution in [1.82, 2.24) is 0 Å². The van der Waals surface area contributed by atoms with E-state index < -0.39 is 5.79 Å². The summed E-state index contributed by atoms with van der Waals surface area (Å²) in [5.74, 6) is 0.579. The first-order valence-corrected chi connectivity index (χ1v) is 10.3. The molecule has 0 unspecified atom stereocenters. The van der Waals surface area contributed by atoms with Crippen LogP contribution in [0.5, 0.6) is 0 Å². The lowest BCUT2D eigenvalue weighted by atomic mass is 9.80. The van der Waals surface area contributed by atoms with Gasteiger partial charge < -0.3 is 19.3 Å². The summed E-state index contributed by atoms with van der Waals surface area (Å²) < 4.78 is 18.6. The van der Waals surface area contributed by atoms with Crippen LogP contribution in [0.3, 0.4) is 0 Å². The number of hydrogen-bond acceptors (Lipinski definition) is 4. The fourth-order valence-corrected chi connectivity index (χ4v) is 4.16. The molecule has 1 fully saturated rings. The summed E-state index contributed by atoms with van der Waals surface area (Å²) in [4.78, 5) is 0. The summed E-state index contributed by atoms with van der Waals surface area (Å²) in [6.07, 6.45) is 1.07. The van der Waals surface area contributed by atoms with Crippen LogP contribution in [-0.4, -0.2) is 36.3 Å². The highest BCUT2D eigenvalue weighted by Crippen LogP contribution is 2.35. The average molecular weight is 379 g/mol. The number of aliphatic hydroxyl groups excluding tert-OH is 1. The summed E-state index contributed by atoms with van der Waals surface area (Å²) in [5, 5.41) is 9.49. The quantitative estimate of drug-likeness (QED) is 0.679. The van der Waals surface area contributed by atoms with Crippen LogP contribution in [0.15, 0.2) is 30.3 Å². The number of aliphatic hydroxyl groups is 1. The maximum atomic E-state index is 9.49. The van der Waals surface area contributed by atoms with Crippen LogP contribution in [0, 0.1) is 23.7 Å². The fourth-order valence-electron chi connectivity index (χ4n) is 4.16. The van der Waals surface area contributed by atoms with Crippen molar-refractivity contribution in [2.24, 2.45) is 23.7 Å². The maximum Gasteiger partial charge on any atom is 0.163 e. The molecule has 0 aliphatic carbocycles. The van der Waals surface area contributed by atoms with Gasteiger partial charge in [-0.1, -0.05) is 58.0 Å². The third kappa shape index (κ3) is 6.56. The third-order valence-corrected chi connectivity index (χ3v) is 5.64. The van der Waals surface area contributed by atoms with Gasteiger partial charge in [0.15, 0.2) is 5.79 Å². The van der Waals surface area contributed by atoms with Crippen LogP contribution in [0.1, 0.15) is 53.5 Å². The highest BCUT2D eigenvalue weighted by Gasteiger charge is 2.41. The van der Waals surface area contributed by atoms with Crippen molar-refractivity contribution in [3.05, 3.63) is 35.9 Å². The summed E-state index contributed by atoms with van der Waals surface area (Å²) in [6, 6.07) is 10.3. The Balaban J connectivity index is 2.13. The van der Waals surface area contributed by atoms with Crippen LogP contribution in [0.4, 0.5) is 0 Å². The fraction of sp³-hybridized carbons (Fsp3) is 0.739. The predicted molar refractivity (Wildman–Crippen MR) is 108 cm³/mol. The van der Waals surface area contributed by atoms with Gasteiger partial charge in [0, 0.05) is 18.4 Å². The van der Waals surface area contributed by atoms with Gasteiger partial charge in [0.1, 0.15) is 0 Å². The molecule has 0 bridgehead atoms. The van der Waals surface area contributed by atoms with E-state index in [1.165, 1.54) is 5.56 Å². The van der Waals surface area contributed by atoms with Crippen molar-refractivity contribution in [3.8, 4) is 0 Å². The summed E-state index contributed by atoms with van der Waals surface area (Å²) in [7, 11) is 0. The lowest BCUT2D eigenvalue weighted by Crippen LogP contribution is -2.51. The molecule has 1 aliphatic rings. The van der Waals surface area contributed by atoms with Gasteiger partial charge in [-0.2, -0.15) is 0 Å². The molecular weight excluding hydrogens is 340 g/mol. The number of ether oxygens (including phenoxy) is 3. The number of hydrogen-bond donors (Lipinski definition) is 1. The summed E-state index contributed by atoms with van der Waals surface area (Å²) in [6.45, 7) is 14.2. The maximum absolute atomic E-state index is 9.49. The van der Waals surface area contributed by atoms with Crippen molar-refractivity contribution in [3.63, 3.8) is 0 Å². The first kappa shape index (κ1) is 22.4. The standard InChI is InChI=1S/C23H38O4/c1-16(13-24)12-17(2)21(25-15-20-10-8-7-9-11-20)19(4)22-18(3)14-26-23(5,6)27-22/h7-11,16-19,21-22,24H,12-15H2,1-6H3/t16-,17+,18+,19+,21+,22+/m1/s1. The Kier molecular flexibility index (Phi) is 8.29. The zero-order valence-electron chi connectivity index (χ0n) is 17.9. The second kappa shape index (κ2) is 10.0. The third-order valence-electron chi connectivity index (χ3n) is 5.64. The molecule has 0 aromatic heterocycles. The second-order valence-electron chi connectivity index (χ2n) is 8.89. The minimum absolute atomic E-state index is 0.0561. The average Bonchev–Trinajstić information content (AvgIpc) is 2.64. The molecule has 1 aromatic carbocycles. The minimum Gasteiger partial charge on any atom is -0.396 e. The van der Waals surface area contributed by atoms with Gasteiger partial charge in [0.25, 0.3) is 0 Å². The predicted octanol–water partition coefficient (Wildman–Crippen LogP) is 4.65. The molecular formula is C23H38O4. The molecule has 27 heavy (non-hydrogen) atoms. The molecule has 0 spiro atoms. The minimum atomic E-state index is -0.558. The molecule has 0 radical (unpaired) electrons. The second-order valence-corrected chi connectivity index (χ2v) is 8.89. The molecule has 0 amide bonds. The normalized spacial score (nSPS) is 26.9. The van der Waals surface area contributed by atoms with Gasteiger partial charge in [-0.25, -0.2) is 0 Å². The Morgan fingerprint density at radius 3 is 2.48 bits per heavy atom. The van der Waals surface area contributed by atoms with E-state index in [2.05, 4.69) is 39.8 Å². The van der Waals surface area contributed by atoms with Crippen molar-refractivity contribution in [2.45, 2.75) is 72.6 Å². The number of rotatable bonds is 9. The summed E-state index contributed by atoms with van der Waals surface area (Å²) in [5.41, 5.74) is 1.18. The molecule has 4 nitrogen and oxygen atoms in total. The lowest BCUT2D eigenvalue weighted by molar-refractivity contribution is -0.306. The van der Waals surface area contributed by atoms with Crippen LogP contribution in [0.25, 0.3) is 0 Å². The van der Waals surface area contributed by atoms with E-state index in [0.717, 1.165) is 6.42 Å².